The van der Waals surface area contributed by atoms with Crippen LogP contribution in [0.3, 0.4) is 0 Å². The Labute approximate surface area is 207 Å². The molecule has 0 unspecified atom stereocenters. The fourth-order valence-electron chi connectivity index (χ4n) is 5.03. The van der Waals surface area contributed by atoms with Gasteiger partial charge in [0.2, 0.25) is 0 Å². The molecular formula is C29H36FN2O3+. The number of carbonyl (C=O) groups is 1. The number of nitrogens with zero attached hydrogens (tertiary/aromatic N) is 2. The molecule has 0 spiro atoms. The Kier molecular flexibility index (Phi) is 8.56. The molecule has 5 nitrogen and oxygen atoms in total. The first-order valence-corrected chi connectivity index (χ1v) is 12.8. The molecule has 1 aromatic heterocycles. The van der Waals surface area contributed by atoms with Crippen molar-refractivity contribution in [3.05, 3.63) is 83.2 Å². The van der Waals surface area contributed by atoms with Crippen molar-refractivity contribution in [1.82, 2.24) is 4.57 Å². The molecule has 0 saturated heterocycles. The molecule has 4 rings (SSSR count). The number of imidazole rings is 1. The van der Waals surface area contributed by atoms with Crippen molar-refractivity contribution >= 4 is 5.97 Å². The highest BCUT2D eigenvalue weighted by Crippen LogP contribution is 2.37. The zero-order chi connectivity index (χ0) is 24.6. The van der Waals surface area contributed by atoms with Crippen molar-refractivity contribution in [3.63, 3.8) is 0 Å². The Bertz CT molecular complexity index is 1120. The highest BCUT2D eigenvalue weighted by Gasteiger charge is 2.20. The van der Waals surface area contributed by atoms with E-state index in [0.29, 0.717) is 31.1 Å². The maximum Gasteiger partial charge on any atom is 0.310 e. The quantitative estimate of drug-likeness (QED) is 0.188. The summed E-state index contributed by atoms with van der Waals surface area (Å²) in [5.74, 6) is 1.19. The lowest BCUT2D eigenvalue weighted by molar-refractivity contribution is -0.694. The number of hydrogen-bond donors (Lipinski definition) is 1. The molecule has 0 amide bonds. The van der Waals surface area contributed by atoms with E-state index in [1.54, 1.807) is 12.1 Å². The summed E-state index contributed by atoms with van der Waals surface area (Å²) in [5.41, 5.74) is 2.67. The monoisotopic (exact) mass is 479 g/mol. The molecule has 1 saturated carbocycles. The molecular weight excluding hydrogens is 443 g/mol. The third-order valence-corrected chi connectivity index (χ3v) is 7.11. The first kappa shape index (κ1) is 25.0. The fourth-order valence-corrected chi connectivity index (χ4v) is 5.03. The fraction of sp³-hybridized carbons (Fsp3) is 0.448. The third-order valence-electron chi connectivity index (χ3n) is 7.11. The second-order valence-electron chi connectivity index (χ2n) is 9.59. The van der Waals surface area contributed by atoms with Crippen LogP contribution in [0.25, 0.3) is 0 Å². The molecule has 3 aromatic rings. The summed E-state index contributed by atoms with van der Waals surface area (Å²) >= 11 is 0. The van der Waals surface area contributed by atoms with Gasteiger partial charge in [-0.05, 0) is 42.0 Å². The molecule has 1 N–H and O–H groups in total. The number of hydrogen-bond acceptors (Lipinski definition) is 3. The van der Waals surface area contributed by atoms with E-state index in [1.165, 1.54) is 37.8 Å². The zero-order valence-electron chi connectivity index (χ0n) is 20.6. The van der Waals surface area contributed by atoms with Gasteiger partial charge >= 0.3 is 5.97 Å². The van der Waals surface area contributed by atoms with Gasteiger partial charge in [-0.15, -0.1) is 0 Å². The number of ether oxygens (including phenoxy) is 1. The molecule has 2 aromatic carbocycles. The van der Waals surface area contributed by atoms with Crippen LogP contribution in [0.15, 0.2) is 54.9 Å². The van der Waals surface area contributed by atoms with Crippen LogP contribution in [0.4, 0.5) is 4.39 Å². The van der Waals surface area contributed by atoms with Crippen LogP contribution in [0.2, 0.25) is 0 Å². The van der Waals surface area contributed by atoms with Crippen LogP contribution in [-0.2, 0) is 29.0 Å². The number of phenols is 1. The van der Waals surface area contributed by atoms with E-state index in [9.17, 15) is 14.3 Å². The summed E-state index contributed by atoms with van der Waals surface area (Å²) in [6, 6.07) is 12.3. The summed E-state index contributed by atoms with van der Waals surface area (Å²) < 4.78 is 22.8. The van der Waals surface area contributed by atoms with E-state index >= 15 is 0 Å². The van der Waals surface area contributed by atoms with Crippen LogP contribution in [-0.4, -0.2) is 22.2 Å². The van der Waals surface area contributed by atoms with Crippen LogP contribution in [0.5, 0.6) is 5.75 Å². The van der Waals surface area contributed by atoms with Crippen molar-refractivity contribution in [2.24, 2.45) is 0 Å². The van der Waals surface area contributed by atoms with Crippen molar-refractivity contribution in [1.29, 1.82) is 0 Å². The summed E-state index contributed by atoms with van der Waals surface area (Å²) in [6.45, 7) is 3.78. The van der Waals surface area contributed by atoms with E-state index in [4.69, 9.17) is 4.74 Å². The van der Waals surface area contributed by atoms with Crippen LogP contribution in [0.1, 0.15) is 73.4 Å². The predicted octanol–water partition coefficient (Wildman–Crippen LogP) is 5.59. The predicted molar refractivity (Wildman–Crippen MR) is 133 cm³/mol. The van der Waals surface area contributed by atoms with Gasteiger partial charge in [0.05, 0.1) is 19.6 Å². The summed E-state index contributed by atoms with van der Waals surface area (Å²) in [7, 11) is 0. The number of para-hydroxylation sites is 1. The van der Waals surface area contributed by atoms with E-state index in [2.05, 4.69) is 9.13 Å². The Morgan fingerprint density at radius 3 is 2.60 bits per heavy atom. The standard InChI is InChI=1S/C29H35FN2O3/c1-22-31(17-18-32(22)21-23-12-14-26(30)15-13-23)16-7-19-35-28(33)20-25-10-6-11-27(29(25)34)24-8-4-2-3-5-9-24/h6,10-15,17-18,24H,2-5,7-9,16,19-21H2,1H3/p+1. The number of rotatable bonds is 9. The number of aryl methyl sites for hydroxylation is 1. The first-order chi connectivity index (χ1) is 17.0. The summed E-state index contributed by atoms with van der Waals surface area (Å²) in [6.07, 6.45) is 11.9. The Morgan fingerprint density at radius 1 is 1.11 bits per heavy atom. The maximum absolute atomic E-state index is 13.1. The molecule has 0 aliphatic heterocycles. The van der Waals surface area contributed by atoms with Gasteiger partial charge in [0, 0.05) is 18.9 Å². The third kappa shape index (κ3) is 6.71. The molecule has 1 aliphatic carbocycles. The van der Waals surface area contributed by atoms with Crippen LogP contribution in [0, 0.1) is 12.7 Å². The maximum atomic E-state index is 13.1. The summed E-state index contributed by atoms with van der Waals surface area (Å²) in [4.78, 5) is 12.4. The smallest absolute Gasteiger partial charge is 0.310 e. The first-order valence-electron chi connectivity index (χ1n) is 12.8. The lowest BCUT2D eigenvalue weighted by Gasteiger charge is -2.18. The van der Waals surface area contributed by atoms with Crippen molar-refractivity contribution < 1.29 is 23.6 Å². The van der Waals surface area contributed by atoms with Crippen molar-refractivity contribution in [2.45, 2.75) is 77.3 Å². The van der Waals surface area contributed by atoms with Gasteiger partial charge in [0.1, 0.15) is 30.5 Å². The highest BCUT2D eigenvalue weighted by molar-refractivity contribution is 5.73. The van der Waals surface area contributed by atoms with Gasteiger partial charge in [-0.25, -0.2) is 13.5 Å². The van der Waals surface area contributed by atoms with Crippen molar-refractivity contribution in [2.75, 3.05) is 6.61 Å². The SMILES string of the molecule is Cc1n(CCCOC(=O)Cc2cccc(C3CCCCCC3)c2O)cc[n+]1Cc1ccc(F)cc1. The number of benzene rings is 2. The second-order valence-corrected chi connectivity index (χ2v) is 9.59. The van der Waals surface area contributed by atoms with E-state index in [0.717, 1.165) is 36.3 Å². The Morgan fingerprint density at radius 2 is 1.86 bits per heavy atom. The van der Waals surface area contributed by atoms with E-state index < -0.39 is 0 Å². The number of phenolic OH excluding ortho intramolecular Hbond substituents is 1. The Hall–Kier alpha value is -3.15. The average molecular weight is 480 g/mol. The van der Waals surface area contributed by atoms with Gasteiger partial charge < -0.3 is 9.84 Å². The number of aromatic hydroxyl groups is 1. The average Bonchev–Trinajstić information content (AvgIpc) is 3.03. The molecule has 1 aliphatic rings. The minimum absolute atomic E-state index is 0.0899. The number of esters is 1. The number of aromatic nitrogens is 2. The van der Waals surface area contributed by atoms with Gasteiger partial charge in [-0.3, -0.25) is 4.79 Å². The van der Waals surface area contributed by atoms with Crippen LogP contribution >= 0.6 is 0 Å². The minimum atomic E-state index is -0.311. The van der Waals surface area contributed by atoms with Gasteiger partial charge in [-0.1, -0.05) is 56.0 Å². The van der Waals surface area contributed by atoms with Crippen LogP contribution < -0.4 is 4.57 Å². The number of halogens is 1. The zero-order valence-corrected chi connectivity index (χ0v) is 20.6. The molecule has 0 atom stereocenters. The lowest BCUT2D eigenvalue weighted by atomic mass is 9.89. The molecule has 35 heavy (non-hydrogen) atoms. The molecule has 0 bridgehead atoms. The van der Waals surface area contributed by atoms with Crippen molar-refractivity contribution in [3.8, 4) is 5.75 Å². The van der Waals surface area contributed by atoms with Gasteiger partial charge in [0.25, 0.3) is 5.82 Å². The largest absolute Gasteiger partial charge is 0.507 e. The van der Waals surface area contributed by atoms with Gasteiger partial charge in [-0.2, -0.15) is 0 Å². The number of carbonyl (C=O) groups excluding carboxylic acids is 1. The molecule has 186 valence electrons. The molecule has 1 heterocycles. The normalized spacial score (nSPS) is 14.6. The van der Waals surface area contributed by atoms with E-state index in [1.807, 2.05) is 37.5 Å². The highest BCUT2D eigenvalue weighted by atomic mass is 19.1. The summed E-state index contributed by atoms with van der Waals surface area (Å²) in [5, 5.41) is 10.8. The molecule has 0 radical (unpaired) electrons. The van der Waals surface area contributed by atoms with Gasteiger partial charge in [0.15, 0.2) is 0 Å². The lowest BCUT2D eigenvalue weighted by Crippen LogP contribution is -2.36. The Balaban J connectivity index is 1.25. The second kappa shape index (κ2) is 12.0. The minimum Gasteiger partial charge on any atom is -0.507 e. The molecule has 1 fully saturated rings. The molecule has 6 heteroatoms. The van der Waals surface area contributed by atoms with E-state index in [-0.39, 0.29) is 24.0 Å². The topological polar surface area (TPSA) is 55.3 Å².